The van der Waals surface area contributed by atoms with E-state index in [-0.39, 0.29) is 0 Å². The number of hydrogen-bond acceptors (Lipinski definition) is 4. The maximum atomic E-state index is 13.2. The van der Waals surface area contributed by atoms with Crippen LogP contribution in [0.4, 0.5) is 5.69 Å². The molecule has 1 aromatic carbocycles. The molecule has 4 rings (SSSR count). The minimum Gasteiger partial charge on any atom is -0.318 e. The smallest absolute Gasteiger partial charge is 0.281 e. The molecule has 116 valence electrons. The first-order valence-corrected chi connectivity index (χ1v) is 8.98. The fourth-order valence-corrected chi connectivity index (χ4v) is 4.88. The summed E-state index contributed by atoms with van der Waals surface area (Å²) < 4.78 is 29.7. The average Bonchev–Trinajstić information content (AvgIpc) is 3.04. The highest BCUT2D eigenvalue weighted by Gasteiger charge is 2.32. The summed E-state index contributed by atoms with van der Waals surface area (Å²) in [7, 11) is -3.59. The van der Waals surface area contributed by atoms with E-state index in [4.69, 9.17) is 0 Å². The molecule has 3 heterocycles. The van der Waals surface area contributed by atoms with Crippen LogP contribution in [0.5, 0.6) is 0 Å². The Morgan fingerprint density at radius 1 is 1.18 bits per heavy atom. The van der Waals surface area contributed by atoms with Crippen LogP contribution in [0.3, 0.4) is 0 Å². The zero-order valence-electron chi connectivity index (χ0n) is 12.2. The minimum absolute atomic E-state index is 0.316. The highest BCUT2D eigenvalue weighted by molar-refractivity contribution is 7.92. The average molecular weight is 318 g/mol. The lowest BCUT2D eigenvalue weighted by Gasteiger charge is -2.24. The largest absolute Gasteiger partial charge is 0.318 e. The predicted molar refractivity (Wildman–Crippen MR) is 83.2 cm³/mol. The van der Waals surface area contributed by atoms with Crippen molar-refractivity contribution in [2.45, 2.75) is 31.0 Å². The predicted octanol–water partition coefficient (Wildman–Crippen LogP) is 1.13. The third-order valence-corrected chi connectivity index (χ3v) is 6.12. The zero-order valence-corrected chi connectivity index (χ0v) is 13.0. The molecule has 0 aliphatic carbocycles. The van der Waals surface area contributed by atoms with E-state index in [1.165, 1.54) is 10.5 Å². The van der Waals surface area contributed by atoms with E-state index >= 15 is 0 Å². The number of para-hydroxylation sites is 1. The highest BCUT2D eigenvalue weighted by atomic mass is 32.2. The van der Waals surface area contributed by atoms with Crippen molar-refractivity contribution in [2.75, 3.05) is 17.4 Å². The van der Waals surface area contributed by atoms with Gasteiger partial charge in [-0.2, -0.15) is 8.42 Å². The first kappa shape index (κ1) is 13.8. The Balaban J connectivity index is 1.83. The summed E-state index contributed by atoms with van der Waals surface area (Å²) in [5.74, 6) is 0.875. The Morgan fingerprint density at radius 3 is 2.95 bits per heavy atom. The Hall–Kier alpha value is -1.86. The van der Waals surface area contributed by atoms with Crippen LogP contribution >= 0.6 is 0 Å². The maximum Gasteiger partial charge on any atom is 0.281 e. The van der Waals surface area contributed by atoms with E-state index in [2.05, 4.69) is 10.3 Å². The lowest BCUT2D eigenvalue weighted by atomic mass is 10.2. The monoisotopic (exact) mass is 318 g/mol. The van der Waals surface area contributed by atoms with Gasteiger partial charge in [0.05, 0.1) is 11.9 Å². The van der Waals surface area contributed by atoms with Crippen LogP contribution in [-0.2, 0) is 29.5 Å². The number of nitrogens with zero attached hydrogens (tertiary/aromatic N) is 3. The second kappa shape index (κ2) is 5.10. The molecule has 2 aromatic rings. The summed E-state index contributed by atoms with van der Waals surface area (Å²) in [5, 5.41) is 3.59. The summed E-state index contributed by atoms with van der Waals surface area (Å²) in [6, 6.07) is 7.67. The minimum atomic E-state index is -3.59. The molecule has 0 unspecified atom stereocenters. The van der Waals surface area contributed by atoms with Crippen LogP contribution in [0, 0.1) is 0 Å². The van der Waals surface area contributed by atoms with Crippen molar-refractivity contribution in [3.63, 3.8) is 0 Å². The van der Waals surface area contributed by atoms with Gasteiger partial charge in [-0.1, -0.05) is 18.2 Å². The molecule has 0 saturated heterocycles. The van der Waals surface area contributed by atoms with Crippen LogP contribution in [0.2, 0.25) is 0 Å². The molecule has 0 radical (unpaired) electrons. The van der Waals surface area contributed by atoms with Gasteiger partial charge in [0.25, 0.3) is 10.0 Å². The van der Waals surface area contributed by atoms with Crippen molar-refractivity contribution in [1.82, 2.24) is 14.9 Å². The molecule has 22 heavy (non-hydrogen) atoms. The molecule has 0 fully saturated rings. The maximum absolute atomic E-state index is 13.2. The molecule has 0 amide bonds. The molecule has 1 aromatic heterocycles. The summed E-state index contributed by atoms with van der Waals surface area (Å²) in [6.07, 6.45) is 3.32. The van der Waals surface area contributed by atoms with E-state index in [9.17, 15) is 8.42 Å². The summed E-state index contributed by atoms with van der Waals surface area (Å²) in [5.41, 5.74) is 1.77. The lowest BCUT2D eigenvalue weighted by Crippen LogP contribution is -2.35. The standard InChI is InChI=1S/C15H18N4O2S/c20-22(21,15-11-17-14-6-3-8-18(14)15)19-9-7-16-10-12-4-1-2-5-13(12)19/h1-2,4-5,11,16H,3,6-10H2. The number of fused-ring (bicyclic) bond motifs is 2. The van der Waals surface area contributed by atoms with Crippen LogP contribution in [-0.4, -0.2) is 31.1 Å². The molecule has 0 bridgehead atoms. The topological polar surface area (TPSA) is 67.2 Å². The molecule has 1 N–H and O–H groups in total. The fourth-order valence-electron chi connectivity index (χ4n) is 3.23. The van der Waals surface area contributed by atoms with Crippen LogP contribution in [0.1, 0.15) is 17.8 Å². The Labute approximate surface area is 129 Å². The first-order valence-electron chi connectivity index (χ1n) is 7.54. The molecular weight excluding hydrogens is 300 g/mol. The number of hydrogen-bond donors (Lipinski definition) is 1. The molecule has 2 aliphatic rings. The van der Waals surface area contributed by atoms with Crippen LogP contribution in [0.25, 0.3) is 0 Å². The number of anilines is 1. The molecule has 0 spiro atoms. The number of rotatable bonds is 2. The molecule has 0 atom stereocenters. The summed E-state index contributed by atoms with van der Waals surface area (Å²) in [6.45, 7) is 2.49. The van der Waals surface area contributed by atoms with Gasteiger partial charge in [-0.3, -0.25) is 4.31 Å². The van der Waals surface area contributed by atoms with Crippen molar-refractivity contribution in [3.05, 3.63) is 41.9 Å². The normalized spacial score (nSPS) is 17.9. The van der Waals surface area contributed by atoms with Gasteiger partial charge in [0.2, 0.25) is 0 Å². The highest BCUT2D eigenvalue weighted by Crippen LogP contribution is 2.30. The Bertz CT molecular complexity index is 813. The van der Waals surface area contributed by atoms with E-state index in [0.717, 1.165) is 36.5 Å². The third kappa shape index (κ3) is 2.04. The number of imidazole rings is 1. The molecule has 0 saturated carbocycles. The van der Waals surface area contributed by atoms with Gasteiger partial charge in [-0.05, 0) is 18.1 Å². The number of sulfonamides is 1. The number of benzene rings is 1. The van der Waals surface area contributed by atoms with Gasteiger partial charge in [-0.25, -0.2) is 4.98 Å². The van der Waals surface area contributed by atoms with Gasteiger partial charge in [0.15, 0.2) is 5.03 Å². The summed E-state index contributed by atoms with van der Waals surface area (Å²) >= 11 is 0. The quantitative estimate of drug-likeness (QED) is 0.901. The van der Waals surface area contributed by atoms with Gasteiger partial charge < -0.3 is 9.88 Å². The van der Waals surface area contributed by atoms with Gasteiger partial charge in [-0.15, -0.1) is 0 Å². The number of aryl methyl sites for hydroxylation is 1. The number of nitrogens with one attached hydrogen (secondary N) is 1. The van der Waals surface area contributed by atoms with Crippen molar-refractivity contribution in [2.24, 2.45) is 0 Å². The summed E-state index contributed by atoms with van der Waals surface area (Å²) in [4.78, 5) is 4.28. The Morgan fingerprint density at radius 2 is 2.05 bits per heavy atom. The van der Waals surface area contributed by atoms with E-state index in [1.54, 1.807) is 0 Å². The van der Waals surface area contributed by atoms with Gasteiger partial charge in [0.1, 0.15) is 5.82 Å². The lowest BCUT2D eigenvalue weighted by molar-refractivity contribution is 0.572. The van der Waals surface area contributed by atoms with Crippen molar-refractivity contribution >= 4 is 15.7 Å². The number of aromatic nitrogens is 2. The Kier molecular flexibility index (Phi) is 3.19. The fraction of sp³-hybridized carbons (Fsp3) is 0.400. The SMILES string of the molecule is O=S(=O)(c1cnc2n1CCC2)N1CCNCc2ccccc21. The molecule has 7 heteroatoms. The van der Waals surface area contributed by atoms with E-state index in [1.807, 2.05) is 28.8 Å². The van der Waals surface area contributed by atoms with Crippen molar-refractivity contribution in [1.29, 1.82) is 0 Å². The van der Waals surface area contributed by atoms with Crippen molar-refractivity contribution in [3.8, 4) is 0 Å². The third-order valence-electron chi connectivity index (χ3n) is 4.31. The second-order valence-corrected chi connectivity index (χ2v) is 7.46. The van der Waals surface area contributed by atoms with Gasteiger partial charge >= 0.3 is 0 Å². The van der Waals surface area contributed by atoms with Crippen molar-refractivity contribution < 1.29 is 8.42 Å². The van der Waals surface area contributed by atoms with Gasteiger partial charge in [0, 0.05) is 32.6 Å². The van der Waals surface area contributed by atoms with Crippen LogP contribution < -0.4 is 9.62 Å². The zero-order chi connectivity index (χ0) is 15.2. The first-order chi connectivity index (χ1) is 10.7. The second-order valence-electron chi connectivity index (χ2n) is 5.65. The van der Waals surface area contributed by atoms with E-state index < -0.39 is 10.0 Å². The molecular formula is C15H18N4O2S. The molecule has 6 nitrogen and oxygen atoms in total. The van der Waals surface area contributed by atoms with Crippen LogP contribution in [0.15, 0.2) is 35.5 Å². The molecule has 2 aliphatic heterocycles. The van der Waals surface area contributed by atoms with E-state index in [0.29, 0.717) is 24.7 Å².